The molecule has 0 saturated carbocycles. The second-order valence-corrected chi connectivity index (χ2v) is 10.2. The first kappa shape index (κ1) is 21.2. The van der Waals surface area contributed by atoms with Crippen molar-refractivity contribution in [2.75, 3.05) is 44.2 Å². The highest BCUT2D eigenvalue weighted by Gasteiger charge is 2.30. The molecule has 8 heteroatoms. The van der Waals surface area contributed by atoms with Crippen molar-refractivity contribution in [2.45, 2.75) is 24.7 Å². The number of benzene rings is 2. The van der Waals surface area contributed by atoms with E-state index >= 15 is 0 Å². The molecule has 160 valence electrons. The summed E-state index contributed by atoms with van der Waals surface area (Å²) >= 11 is 6.08. The van der Waals surface area contributed by atoms with E-state index in [1.807, 2.05) is 36.1 Å². The van der Waals surface area contributed by atoms with Crippen LogP contribution < -0.4 is 4.90 Å². The van der Waals surface area contributed by atoms with E-state index < -0.39 is 10.0 Å². The molecule has 0 unspecified atom stereocenters. The molecule has 30 heavy (non-hydrogen) atoms. The molecule has 2 fully saturated rings. The summed E-state index contributed by atoms with van der Waals surface area (Å²) in [6, 6.07) is 12.5. The Morgan fingerprint density at radius 2 is 1.63 bits per heavy atom. The van der Waals surface area contributed by atoms with Gasteiger partial charge in [0, 0.05) is 55.5 Å². The van der Waals surface area contributed by atoms with Crippen LogP contribution in [0, 0.1) is 6.92 Å². The molecular formula is C22H26ClN3O3S. The van der Waals surface area contributed by atoms with Gasteiger partial charge in [-0.3, -0.25) is 4.79 Å². The highest BCUT2D eigenvalue weighted by molar-refractivity contribution is 7.89. The van der Waals surface area contributed by atoms with Crippen LogP contribution in [0.15, 0.2) is 47.4 Å². The molecule has 0 radical (unpaired) electrons. The van der Waals surface area contributed by atoms with Gasteiger partial charge in [-0.25, -0.2) is 8.42 Å². The highest BCUT2D eigenvalue weighted by atomic mass is 35.5. The molecule has 2 aliphatic heterocycles. The van der Waals surface area contributed by atoms with Gasteiger partial charge in [0.15, 0.2) is 0 Å². The Hall–Kier alpha value is -2.09. The summed E-state index contributed by atoms with van der Waals surface area (Å²) in [5.41, 5.74) is 2.28. The van der Waals surface area contributed by atoms with Gasteiger partial charge in [0.25, 0.3) is 5.91 Å². The largest absolute Gasteiger partial charge is 0.369 e. The third-order valence-electron chi connectivity index (χ3n) is 5.88. The lowest BCUT2D eigenvalue weighted by molar-refractivity contribution is 0.0792. The number of carbonyl (C=O) groups is 1. The van der Waals surface area contributed by atoms with E-state index in [9.17, 15) is 13.2 Å². The maximum atomic E-state index is 13.3. The summed E-state index contributed by atoms with van der Waals surface area (Å²) in [5, 5.41) is 0.664. The number of nitrogens with zero attached hydrogens (tertiary/aromatic N) is 3. The van der Waals surface area contributed by atoms with Crippen LogP contribution in [0.4, 0.5) is 5.69 Å². The highest BCUT2D eigenvalue weighted by Crippen LogP contribution is 2.25. The number of piperazine rings is 1. The van der Waals surface area contributed by atoms with E-state index in [1.54, 1.807) is 18.2 Å². The SMILES string of the molecule is Cc1ccc(S(=O)(=O)N2CCN(c3cccc(Cl)c3)CC2)cc1C(=O)N1CCCC1. The Morgan fingerprint density at radius 1 is 0.933 bits per heavy atom. The third kappa shape index (κ3) is 4.19. The lowest BCUT2D eigenvalue weighted by Gasteiger charge is -2.35. The molecule has 2 aromatic rings. The van der Waals surface area contributed by atoms with Gasteiger partial charge in [-0.1, -0.05) is 23.7 Å². The summed E-state index contributed by atoms with van der Waals surface area (Å²) < 4.78 is 28.0. The minimum Gasteiger partial charge on any atom is -0.369 e. The topological polar surface area (TPSA) is 60.9 Å². The van der Waals surface area contributed by atoms with Gasteiger partial charge < -0.3 is 9.80 Å². The predicted octanol–water partition coefficient (Wildman–Crippen LogP) is 3.40. The molecule has 2 aromatic carbocycles. The molecule has 2 aliphatic rings. The average molecular weight is 448 g/mol. The summed E-state index contributed by atoms with van der Waals surface area (Å²) in [6.45, 7) is 5.27. The molecule has 1 amide bonds. The molecule has 0 aliphatic carbocycles. The summed E-state index contributed by atoms with van der Waals surface area (Å²) in [4.78, 5) is 17.0. The number of anilines is 1. The van der Waals surface area contributed by atoms with Crippen LogP contribution in [-0.4, -0.2) is 62.8 Å². The van der Waals surface area contributed by atoms with E-state index in [4.69, 9.17) is 11.6 Å². The number of halogens is 1. The lowest BCUT2D eigenvalue weighted by Crippen LogP contribution is -2.48. The molecule has 0 aromatic heterocycles. The number of rotatable bonds is 4. The minimum absolute atomic E-state index is 0.0761. The first-order chi connectivity index (χ1) is 14.4. The average Bonchev–Trinajstić information content (AvgIpc) is 3.28. The lowest BCUT2D eigenvalue weighted by atomic mass is 10.1. The van der Waals surface area contributed by atoms with Gasteiger partial charge in [0.1, 0.15) is 0 Å². The van der Waals surface area contributed by atoms with Crippen LogP contribution >= 0.6 is 11.6 Å². The van der Waals surface area contributed by atoms with Crippen molar-refractivity contribution >= 4 is 33.2 Å². The molecule has 0 bridgehead atoms. The van der Waals surface area contributed by atoms with E-state index in [0.717, 1.165) is 37.2 Å². The number of hydrogen-bond donors (Lipinski definition) is 0. The van der Waals surface area contributed by atoms with Crippen LogP contribution in [-0.2, 0) is 10.0 Å². The van der Waals surface area contributed by atoms with Crippen LogP contribution in [0.5, 0.6) is 0 Å². The monoisotopic (exact) mass is 447 g/mol. The number of aryl methyl sites for hydroxylation is 1. The fraction of sp³-hybridized carbons (Fsp3) is 0.409. The summed E-state index contributed by atoms with van der Waals surface area (Å²) in [6.07, 6.45) is 2.00. The number of amides is 1. The van der Waals surface area contributed by atoms with Gasteiger partial charge in [-0.2, -0.15) is 4.31 Å². The maximum Gasteiger partial charge on any atom is 0.254 e. The van der Waals surface area contributed by atoms with E-state index in [-0.39, 0.29) is 10.8 Å². The van der Waals surface area contributed by atoms with Crippen LogP contribution in [0.25, 0.3) is 0 Å². The summed E-state index contributed by atoms with van der Waals surface area (Å²) in [5.74, 6) is -0.0761. The number of hydrogen-bond acceptors (Lipinski definition) is 4. The van der Waals surface area contributed by atoms with Gasteiger partial charge in [0.05, 0.1) is 4.90 Å². The Bertz CT molecular complexity index is 1040. The molecule has 2 heterocycles. The molecule has 6 nitrogen and oxygen atoms in total. The fourth-order valence-electron chi connectivity index (χ4n) is 4.09. The number of likely N-dealkylation sites (tertiary alicyclic amines) is 1. The van der Waals surface area contributed by atoms with Gasteiger partial charge in [-0.05, 0) is 55.7 Å². The van der Waals surface area contributed by atoms with Gasteiger partial charge >= 0.3 is 0 Å². The quantitative estimate of drug-likeness (QED) is 0.720. The fourth-order valence-corrected chi connectivity index (χ4v) is 5.72. The Balaban J connectivity index is 1.51. The second-order valence-electron chi connectivity index (χ2n) is 7.85. The van der Waals surface area contributed by atoms with Crippen LogP contribution in [0.2, 0.25) is 5.02 Å². The zero-order chi connectivity index (χ0) is 21.3. The first-order valence-corrected chi connectivity index (χ1v) is 12.1. The minimum atomic E-state index is -3.66. The zero-order valence-corrected chi connectivity index (χ0v) is 18.6. The van der Waals surface area contributed by atoms with Crippen molar-refractivity contribution in [2.24, 2.45) is 0 Å². The van der Waals surface area contributed by atoms with Crippen LogP contribution in [0.3, 0.4) is 0 Å². The molecule has 0 atom stereocenters. The Kier molecular flexibility index (Phi) is 6.04. The van der Waals surface area contributed by atoms with Gasteiger partial charge in [-0.15, -0.1) is 0 Å². The molecule has 4 rings (SSSR count). The standard InChI is InChI=1S/C22H26ClN3O3S/c1-17-7-8-20(16-21(17)22(27)25-9-2-3-10-25)30(28,29)26-13-11-24(12-14-26)19-6-4-5-18(23)15-19/h4-8,15-16H,2-3,9-14H2,1H3. The molecule has 0 N–H and O–H groups in total. The van der Waals surface area contributed by atoms with Crippen molar-refractivity contribution in [3.63, 3.8) is 0 Å². The molecule has 0 spiro atoms. The second kappa shape index (κ2) is 8.57. The van der Waals surface area contributed by atoms with E-state index in [2.05, 4.69) is 4.90 Å². The van der Waals surface area contributed by atoms with Crippen molar-refractivity contribution < 1.29 is 13.2 Å². The Labute approximate surface area is 183 Å². The van der Waals surface area contributed by atoms with E-state index in [0.29, 0.717) is 36.8 Å². The van der Waals surface area contributed by atoms with Crippen molar-refractivity contribution in [3.05, 3.63) is 58.6 Å². The Morgan fingerprint density at radius 3 is 2.30 bits per heavy atom. The van der Waals surface area contributed by atoms with Crippen molar-refractivity contribution in [1.29, 1.82) is 0 Å². The zero-order valence-electron chi connectivity index (χ0n) is 17.1. The smallest absolute Gasteiger partial charge is 0.254 e. The van der Waals surface area contributed by atoms with Crippen molar-refractivity contribution in [3.8, 4) is 0 Å². The molecule has 2 saturated heterocycles. The molecular weight excluding hydrogens is 422 g/mol. The van der Waals surface area contributed by atoms with Gasteiger partial charge in [0.2, 0.25) is 10.0 Å². The predicted molar refractivity (Wildman–Crippen MR) is 119 cm³/mol. The number of carbonyl (C=O) groups excluding carboxylic acids is 1. The van der Waals surface area contributed by atoms with E-state index in [1.165, 1.54) is 4.31 Å². The van der Waals surface area contributed by atoms with Crippen molar-refractivity contribution in [1.82, 2.24) is 9.21 Å². The first-order valence-electron chi connectivity index (χ1n) is 10.3. The summed E-state index contributed by atoms with van der Waals surface area (Å²) in [7, 11) is -3.66. The number of sulfonamides is 1. The normalized spacial score (nSPS) is 18.1. The third-order valence-corrected chi connectivity index (χ3v) is 8.01. The maximum absolute atomic E-state index is 13.3. The van der Waals surface area contributed by atoms with Crippen LogP contribution in [0.1, 0.15) is 28.8 Å².